The topological polar surface area (TPSA) is 9.23 Å². The molecule has 0 radical (unpaired) electrons. The molecule has 0 aromatic heterocycles. The second-order valence-corrected chi connectivity index (χ2v) is 11.7. The molecule has 7 heteroatoms. The number of benzene rings is 1. The molecule has 1 aliphatic heterocycles. The fourth-order valence-corrected chi connectivity index (χ4v) is 6.97. The molecule has 204 valence electrons. The van der Waals surface area contributed by atoms with Crippen LogP contribution in [0.15, 0.2) is 6.07 Å². The van der Waals surface area contributed by atoms with Gasteiger partial charge in [-0.2, -0.15) is 26.3 Å². The van der Waals surface area contributed by atoms with Crippen LogP contribution < -0.4 is 4.74 Å². The molecule has 1 atom stereocenters. The SMILES string of the molecule is CCCC1CCC(CCc2cc3c(c(C(F)(F)F)c2C(F)(F)F)OC(C2CCC(C)CC2)CC3)CC1. The summed E-state index contributed by atoms with van der Waals surface area (Å²) in [4.78, 5) is 0. The lowest BCUT2D eigenvalue weighted by Gasteiger charge is -2.37. The molecule has 3 aliphatic rings. The van der Waals surface area contributed by atoms with E-state index in [1.54, 1.807) is 0 Å². The van der Waals surface area contributed by atoms with Gasteiger partial charge in [-0.3, -0.25) is 0 Å². The first-order chi connectivity index (χ1) is 17.0. The molecule has 2 fully saturated rings. The minimum Gasteiger partial charge on any atom is -0.489 e. The Morgan fingerprint density at radius 1 is 0.778 bits per heavy atom. The summed E-state index contributed by atoms with van der Waals surface area (Å²) in [7, 11) is 0. The highest BCUT2D eigenvalue weighted by Gasteiger charge is 2.49. The van der Waals surface area contributed by atoms with E-state index in [0.717, 1.165) is 57.8 Å². The predicted molar refractivity (Wildman–Crippen MR) is 129 cm³/mol. The Kier molecular flexibility index (Phi) is 8.55. The first-order valence-corrected chi connectivity index (χ1v) is 14.0. The van der Waals surface area contributed by atoms with Crippen LogP contribution in [0.2, 0.25) is 0 Å². The number of halogens is 6. The summed E-state index contributed by atoms with van der Waals surface area (Å²) in [5.41, 5.74) is -3.04. The van der Waals surface area contributed by atoms with Crippen molar-refractivity contribution in [3.8, 4) is 5.75 Å². The Labute approximate surface area is 211 Å². The van der Waals surface area contributed by atoms with Crippen LogP contribution in [0, 0.1) is 23.7 Å². The maximum Gasteiger partial charge on any atom is 0.420 e. The minimum atomic E-state index is -5.13. The molecule has 1 heterocycles. The highest BCUT2D eigenvalue weighted by atomic mass is 19.4. The smallest absolute Gasteiger partial charge is 0.420 e. The van der Waals surface area contributed by atoms with Crippen molar-refractivity contribution in [1.29, 1.82) is 0 Å². The fraction of sp³-hybridized carbons (Fsp3) is 0.793. The Morgan fingerprint density at radius 2 is 1.36 bits per heavy atom. The maximum absolute atomic E-state index is 14.3. The van der Waals surface area contributed by atoms with Gasteiger partial charge < -0.3 is 4.74 Å². The third kappa shape index (κ3) is 6.35. The summed E-state index contributed by atoms with van der Waals surface area (Å²) < 4.78 is 91.5. The van der Waals surface area contributed by atoms with Gasteiger partial charge in [0.15, 0.2) is 0 Å². The predicted octanol–water partition coefficient (Wildman–Crippen LogP) is 9.78. The number of hydrogen-bond donors (Lipinski definition) is 0. The normalized spacial score (nSPS) is 29.5. The standard InChI is InChI=1S/C29H40F6O/c1-3-4-19-7-9-20(10-8-19)11-14-22-17-23-15-16-24(21-12-5-18(2)6-13-21)36-27(23)26(29(33,34)35)25(22)28(30,31)32/h17-21,24H,3-16H2,1-2H3. The van der Waals surface area contributed by atoms with E-state index in [4.69, 9.17) is 4.74 Å². The number of hydrogen-bond acceptors (Lipinski definition) is 1. The molecule has 0 N–H and O–H groups in total. The summed E-state index contributed by atoms with van der Waals surface area (Å²) >= 11 is 0. The lowest BCUT2D eigenvalue weighted by Crippen LogP contribution is -2.35. The van der Waals surface area contributed by atoms with Gasteiger partial charge >= 0.3 is 12.4 Å². The average molecular weight is 519 g/mol. The van der Waals surface area contributed by atoms with Crippen molar-refractivity contribution in [3.05, 3.63) is 28.3 Å². The van der Waals surface area contributed by atoms with Crippen molar-refractivity contribution in [2.75, 3.05) is 0 Å². The molecule has 4 rings (SSSR count). The Bertz CT molecular complexity index is 873. The lowest BCUT2D eigenvalue weighted by molar-refractivity contribution is -0.164. The number of alkyl halides is 6. The zero-order chi connectivity index (χ0) is 26.1. The summed E-state index contributed by atoms with van der Waals surface area (Å²) in [5.74, 6) is 1.07. The number of fused-ring (bicyclic) bond motifs is 1. The van der Waals surface area contributed by atoms with Crippen LogP contribution in [0.25, 0.3) is 0 Å². The van der Waals surface area contributed by atoms with Gasteiger partial charge in [0.05, 0.1) is 5.56 Å². The monoisotopic (exact) mass is 518 g/mol. The van der Waals surface area contributed by atoms with Gasteiger partial charge in [-0.15, -0.1) is 0 Å². The van der Waals surface area contributed by atoms with Crippen LogP contribution in [0.4, 0.5) is 26.3 Å². The van der Waals surface area contributed by atoms with Crippen LogP contribution >= 0.6 is 0 Å². The first kappa shape index (κ1) is 27.6. The van der Waals surface area contributed by atoms with Crippen molar-refractivity contribution in [3.63, 3.8) is 0 Å². The molecule has 0 bridgehead atoms. The lowest BCUT2D eigenvalue weighted by atomic mass is 9.77. The molecule has 2 aliphatic carbocycles. The Hall–Kier alpha value is -1.40. The molecule has 1 aromatic carbocycles. The van der Waals surface area contributed by atoms with E-state index >= 15 is 0 Å². The van der Waals surface area contributed by atoms with E-state index in [-0.39, 0.29) is 29.4 Å². The highest BCUT2D eigenvalue weighted by molar-refractivity contribution is 5.54. The van der Waals surface area contributed by atoms with Crippen LogP contribution in [-0.4, -0.2) is 6.10 Å². The van der Waals surface area contributed by atoms with E-state index in [9.17, 15) is 26.3 Å². The second kappa shape index (κ2) is 11.1. The van der Waals surface area contributed by atoms with E-state index < -0.39 is 35.3 Å². The van der Waals surface area contributed by atoms with Crippen molar-refractivity contribution in [2.24, 2.45) is 23.7 Å². The molecule has 36 heavy (non-hydrogen) atoms. The van der Waals surface area contributed by atoms with Crippen LogP contribution in [0.1, 0.15) is 113 Å². The zero-order valence-corrected chi connectivity index (χ0v) is 21.5. The van der Waals surface area contributed by atoms with Crippen molar-refractivity contribution >= 4 is 0 Å². The number of aryl methyl sites for hydroxylation is 2. The fourth-order valence-electron chi connectivity index (χ4n) is 6.97. The molecular weight excluding hydrogens is 478 g/mol. The molecule has 1 nitrogen and oxygen atoms in total. The van der Waals surface area contributed by atoms with Crippen molar-refractivity contribution in [1.82, 2.24) is 0 Å². The maximum atomic E-state index is 14.3. The average Bonchev–Trinajstić information content (AvgIpc) is 2.82. The van der Waals surface area contributed by atoms with E-state index in [0.29, 0.717) is 31.1 Å². The van der Waals surface area contributed by atoms with Gasteiger partial charge in [0.25, 0.3) is 0 Å². The molecule has 2 saturated carbocycles. The second-order valence-electron chi connectivity index (χ2n) is 11.7. The highest BCUT2D eigenvalue weighted by Crippen LogP contribution is 2.51. The Balaban J connectivity index is 1.61. The molecule has 1 aromatic rings. The molecular formula is C29H40F6O. The third-order valence-corrected chi connectivity index (χ3v) is 9.04. The quantitative estimate of drug-likeness (QED) is 0.341. The van der Waals surface area contributed by atoms with Crippen molar-refractivity contribution in [2.45, 2.75) is 122 Å². The summed E-state index contributed by atoms with van der Waals surface area (Å²) in [5, 5.41) is 0. The van der Waals surface area contributed by atoms with Gasteiger partial charge in [-0.05, 0) is 73.3 Å². The van der Waals surface area contributed by atoms with Crippen LogP contribution in [-0.2, 0) is 25.2 Å². The van der Waals surface area contributed by atoms with Crippen LogP contribution in [0.3, 0.4) is 0 Å². The van der Waals surface area contributed by atoms with Gasteiger partial charge in [0, 0.05) is 0 Å². The number of ether oxygens (including phenoxy) is 1. The molecule has 0 saturated heterocycles. The zero-order valence-electron chi connectivity index (χ0n) is 21.5. The van der Waals surface area contributed by atoms with Gasteiger partial charge in [-0.25, -0.2) is 0 Å². The first-order valence-electron chi connectivity index (χ1n) is 14.0. The molecule has 1 unspecified atom stereocenters. The summed E-state index contributed by atoms with van der Waals surface area (Å²) in [6, 6.07) is 1.38. The van der Waals surface area contributed by atoms with Gasteiger partial charge in [0.1, 0.15) is 17.4 Å². The summed E-state index contributed by atoms with van der Waals surface area (Å²) in [6.07, 6.45) is 0.768. The molecule has 0 spiro atoms. The molecule has 0 amide bonds. The summed E-state index contributed by atoms with van der Waals surface area (Å²) in [6.45, 7) is 4.31. The van der Waals surface area contributed by atoms with Gasteiger partial charge in [-0.1, -0.05) is 71.3 Å². The van der Waals surface area contributed by atoms with E-state index in [2.05, 4.69) is 13.8 Å². The van der Waals surface area contributed by atoms with Gasteiger partial charge in [0.2, 0.25) is 0 Å². The van der Waals surface area contributed by atoms with E-state index in [1.807, 2.05) is 0 Å². The largest absolute Gasteiger partial charge is 0.489 e. The minimum absolute atomic E-state index is 0.0260. The van der Waals surface area contributed by atoms with Crippen molar-refractivity contribution < 1.29 is 31.1 Å². The van der Waals surface area contributed by atoms with E-state index in [1.165, 1.54) is 12.5 Å². The number of rotatable bonds is 6. The Morgan fingerprint density at radius 3 is 1.92 bits per heavy atom. The third-order valence-electron chi connectivity index (χ3n) is 9.04. The van der Waals surface area contributed by atoms with Crippen LogP contribution in [0.5, 0.6) is 5.75 Å².